The van der Waals surface area contributed by atoms with Crippen LogP contribution in [0, 0.1) is 0 Å². The normalized spacial score (nSPS) is 19.5. The summed E-state index contributed by atoms with van der Waals surface area (Å²) in [5.74, 6) is -3.43. The average Bonchev–Trinajstić information content (AvgIpc) is 3.25. The number of hydrogen-bond donors (Lipinski definition) is 6. The Balaban J connectivity index is 2.02. The van der Waals surface area contributed by atoms with E-state index in [0.29, 0.717) is 6.42 Å². The van der Waals surface area contributed by atoms with E-state index in [4.69, 9.17) is 10.8 Å². The number of carboxylic acids is 1. The minimum atomic E-state index is -1.52. The molecular formula is C21H30N4O7. The molecule has 5 unspecified atom stereocenters. The molecule has 1 fully saturated rings. The molecule has 0 saturated carbocycles. The van der Waals surface area contributed by atoms with Crippen LogP contribution in [0.2, 0.25) is 0 Å². The van der Waals surface area contributed by atoms with E-state index in [1.165, 1.54) is 11.8 Å². The fourth-order valence-electron chi connectivity index (χ4n) is 3.57. The van der Waals surface area contributed by atoms with Crippen LogP contribution in [-0.4, -0.2) is 87.3 Å². The Labute approximate surface area is 185 Å². The number of nitrogens with zero attached hydrogens (tertiary/aromatic N) is 1. The molecular weight excluding hydrogens is 420 g/mol. The Morgan fingerprint density at radius 2 is 1.84 bits per heavy atom. The Hall–Kier alpha value is -3.02. The zero-order valence-corrected chi connectivity index (χ0v) is 17.8. The fourth-order valence-corrected chi connectivity index (χ4v) is 3.57. The molecule has 1 aromatic rings. The number of aliphatic hydroxyl groups is 2. The van der Waals surface area contributed by atoms with Crippen LogP contribution in [0.3, 0.4) is 0 Å². The summed E-state index contributed by atoms with van der Waals surface area (Å²) < 4.78 is 0. The zero-order chi connectivity index (χ0) is 23.8. The number of carbonyl (C=O) groups is 4. The van der Waals surface area contributed by atoms with Gasteiger partial charge in [-0.15, -0.1) is 0 Å². The third-order valence-corrected chi connectivity index (χ3v) is 5.32. The molecule has 0 spiro atoms. The van der Waals surface area contributed by atoms with E-state index in [9.17, 15) is 29.4 Å². The first-order chi connectivity index (χ1) is 15.1. The highest BCUT2D eigenvalue weighted by Crippen LogP contribution is 2.19. The van der Waals surface area contributed by atoms with Crippen LogP contribution in [0.1, 0.15) is 25.3 Å². The van der Waals surface area contributed by atoms with Gasteiger partial charge < -0.3 is 36.6 Å². The quantitative estimate of drug-likeness (QED) is 0.236. The Morgan fingerprint density at radius 3 is 2.41 bits per heavy atom. The molecule has 1 aromatic carbocycles. The molecule has 3 amide bonds. The lowest BCUT2D eigenvalue weighted by atomic mass is 10.1. The van der Waals surface area contributed by atoms with Gasteiger partial charge in [-0.1, -0.05) is 30.3 Å². The van der Waals surface area contributed by atoms with Gasteiger partial charge in [-0.25, -0.2) is 4.79 Å². The number of rotatable bonds is 10. The summed E-state index contributed by atoms with van der Waals surface area (Å²) in [7, 11) is 0. The smallest absolute Gasteiger partial charge is 0.328 e. The second-order valence-corrected chi connectivity index (χ2v) is 7.79. The van der Waals surface area contributed by atoms with Gasteiger partial charge in [-0.2, -0.15) is 0 Å². The number of aliphatic carboxylic acids is 1. The summed E-state index contributed by atoms with van der Waals surface area (Å²) in [5.41, 5.74) is 6.77. The number of carboxylic acid groups (broad SMARTS) is 1. The van der Waals surface area contributed by atoms with Gasteiger partial charge in [0.15, 0.2) is 6.04 Å². The van der Waals surface area contributed by atoms with E-state index >= 15 is 0 Å². The van der Waals surface area contributed by atoms with Gasteiger partial charge in [-0.05, 0) is 31.7 Å². The second-order valence-electron chi connectivity index (χ2n) is 7.79. The van der Waals surface area contributed by atoms with Crippen molar-refractivity contribution in [3.05, 3.63) is 35.9 Å². The highest BCUT2D eigenvalue weighted by atomic mass is 16.4. The van der Waals surface area contributed by atoms with Gasteiger partial charge in [-0.3, -0.25) is 14.4 Å². The monoisotopic (exact) mass is 450 g/mol. The third-order valence-electron chi connectivity index (χ3n) is 5.32. The van der Waals surface area contributed by atoms with Crippen molar-refractivity contribution in [1.82, 2.24) is 15.5 Å². The molecule has 5 atom stereocenters. The number of nitrogens with one attached hydrogen (secondary N) is 2. The molecule has 11 nitrogen and oxygen atoms in total. The van der Waals surface area contributed by atoms with Gasteiger partial charge >= 0.3 is 5.97 Å². The van der Waals surface area contributed by atoms with Crippen LogP contribution < -0.4 is 16.4 Å². The highest BCUT2D eigenvalue weighted by Gasteiger charge is 2.39. The predicted octanol–water partition coefficient (Wildman–Crippen LogP) is -2.03. The summed E-state index contributed by atoms with van der Waals surface area (Å²) in [5, 5.41) is 33.1. The number of hydrogen-bond acceptors (Lipinski definition) is 7. The Bertz CT molecular complexity index is 818. The zero-order valence-electron chi connectivity index (χ0n) is 17.8. The SMILES string of the molecule is CC(O)C(NC(=O)C1CCCN1C(=O)C(CO)NC(=O)C(N)Cc1ccccc1)C(=O)O. The summed E-state index contributed by atoms with van der Waals surface area (Å²) in [4.78, 5) is 50.4. The van der Waals surface area contributed by atoms with Gasteiger partial charge in [0, 0.05) is 6.54 Å². The molecule has 0 bridgehead atoms. The second kappa shape index (κ2) is 11.6. The van der Waals surface area contributed by atoms with Gasteiger partial charge in [0.1, 0.15) is 12.1 Å². The van der Waals surface area contributed by atoms with Crippen LogP contribution in [0.25, 0.3) is 0 Å². The van der Waals surface area contributed by atoms with Gasteiger partial charge in [0.05, 0.1) is 18.8 Å². The molecule has 1 heterocycles. The molecule has 7 N–H and O–H groups in total. The summed E-state index contributed by atoms with van der Waals surface area (Å²) in [6.45, 7) is 0.733. The van der Waals surface area contributed by atoms with Crippen molar-refractivity contribution in [2.45, 2.75) is 56.5 Å². The first-order valence-electron chi connectivity index (χ1n) is 10.4. The third kappa shape index (κ3) is 6.49. The largest absolute Gasteiger partial charge is 0.480 e. The Morgan fingerprint density at radius 1 is 1.19 bits per heavy atom. The highest BCUT2D eigenvalue weighted by molar-refractivity contribution is 5.94. The topological polar surface area (TPSA) is 182 Å². The van der Waals surface area contributed by atoms with Crippen molar-refractivity contribution >= 4 is 23.7 Å². The lowest BCUT2D eigenvalue weighted by Gasteiger charge is -2.29. The lowest BCUT2D eigenvalue weighted by molar-refractivity contribution is -0.147. The predicted molar refractivity (Wildman–Crippen MR) is 113 cm³/mol. The van der Waals surface area contributed by atoms with Crippen molar-refractivity contribution in [3.63, 3.8) is 0 Å². The minimum absolute atomic E-state index is 0.200. The molecule has 11 heteroatoms. The molecule has 0 aromatic heterocycles. The standard InChI is InChI=1S/C21H30N4O7/c1-12(27)17(21(31)32)24-19(29)16-8-5-9-25(16)20(30)15(11-26)23-18(28)14(22)10-13-6-3-2-4-7-13/h2-4,6-7,12,14-17,26-27H,5,8-11,22H2,1H3,(H,23,28)(H,24,29)(H,31,32). The van der Waals surface area contributed by atoms with E-state index in [2.05, 4.69) is 10.6 Å². The van der Waals surface area contributed by atoms with Gasteiger partial charge in [0.2, 0.25) is 17.7 Å². The first-order valence-corrected chi connectivity index (χ1v) is 10.4. The van der Waals surface area contributed by atoms with Crippen LogP contribution in [0.5, 0.6) is 0 Å². The number of amides is 3. The maximum Gasteiger partial charge on any atom is 0.328 e. The molecule has 1 saturated heterocycles. The van der Waals surface area contributed by atoms with Crippen molar-refractivity contribution in [1.29, 1.82) is 0 Å². The van der Waals surface area contributed by atoms with Crippen molar-refractivity contribution < 1.29 is 34.5 Å². The number of likely N-dealkylation sites (tertiary alicyclic amines) is 1. The first kappa shape index (κ1) is 25.2. The molecule has 0 radical (unpaired) electrons. The van der Waals surface area contributed by atoms with Crippen LogP contribution in [-0.2, 0) is 25.6 Å². The molecule has 2 rings (SSSR count). The maximum atomic E-state index is 12.9. The molecule has 1 aliphatic rings. The van der Waals surface area contributed by atoms with E-state index < -0.39 is 60.6 Å². The summed E-state index contributed by atoms with van der Waals surface area (Å²) >= 11 is 0. The van der Waals surface area contributed by atoms with E-state index in [1.807, 2.05) is 30.3 Å². The van der Waals surface area contributed by atoms with Crippen LogP contribution in [0.4, 0.5) is 0 Å². The van der Waals surface area contributed by atoms with Crippen molar-refractivity contribution in [2.24, 2.45) is 5.73 Å². The molecule has 1 aliphatic heterocycles. The average molecular weight is 450 g/mol. The van der Waals surface area contributed by atoms with E-state index in [0.717, 1.165) is 5.56 Å². The Kier molecular flexibility index (Phi) is 9.12. The van der Waals surface area contributed by atoms with Crippen LogP contribution in [0.15, 0.2) is 30.3 Å². The number of nitrogens with two attached hydrogens (primary N) is 1. The maximum absolute atomic E-state index is 12.9. The fraction of sp³-hybridized carbons (Fsp3) is 0.524. The summed E-state index contributed by atoms with van der Waals surface area (Å²) in [6.07, 6.45) is -0.333. The van der Waals surface area contributed by atoms with Crippen molar-refractivity contribution in [2.75, 3.05) is 13.2 Å². The number of benzene rings is 1. The number of carbonyl (C=O) groups excluding carboxylic acids is 3. The number of aliphatic hydroxyl groups excluding tert-OH is 2. The minimum Gasteiger partial charge on any atom is -0.480 e. The van der Waals surface area contributed by atoms with E-state index in [1.54, 1.807) is 0 Å². The molecule has 32 heavy (non-hydrogen) atoms. The van der Waals surface area contributed by atoms with Crippen molar-refractivity contribution in [3.8, 4) is 0 Å². The molecule has 0 aliphatic carbocycles. The summed E-state index contributed by atoms with van der Waals surface area (Å²) in [6, 6.07) is 4.33. The lowest BCUT2D eigenvalue weighted by Crippen LogP contribution is -2.58. The van der Waals surface area contributed by atoms with E-state index in [-0.39, 0.29) is 19.4 Å². The molecule has 176 valence electrons. The van der Waals surface area contributed by atoms with Gasteiger partial charge in [0.25, 0.3) is 0 Å². The van der Waals surface area contributed by atoms with Crippen LogP contribution >= 0.6 is 0 Å².